The summed E-state index contributed by atoms with van der Waals surface area (Å²) in [5.41, 5.74) is 2.79. The van der Waals surface area contributed by atoms with E-state index in [4.69, 9.17) is 11.6 Å². The summed E-state index contributed by atoms with van der Waals surface area (Å²) in [4.78, 5) is 4.37. The Morgan fingerprint density at radius 1 is 1.40 bits per heavy atom. The fourth-order valence-electron chi connectivity index (χ4n) is 2.64. The van der Waals surface area contributed by atoms with Crippen molar-refractivity contribution in [3.8, 4) is 0 Å². The normalized spacial score (nSPS) is 21.2. The largest absolute Gasteiger partial charge is 0.381 e. The molecule has 4 nitrogen and oxygen atoms in total. The lowest BCUT2D eigenvalue weighted by atomic mass is 10.1. The van der Waals surface area contributed by atoms with Crippen molar-refractivity contribution in [2.75, 3.05) is 16.8 Å². The van der Waals surface area contributed by atoms with Gasteiger partial charge in [0.2, 0.25) is 0 Å². The zero-order valence-corrected chi connectivity index (χ0v) is 12.6. The maximum absolute atomic E-state index is 11.5. The SMILES string of the molecule is Cc1cc(Cl)cc2c(NC3CCS(=O)(=O)C3)ccnc12. The quantitative estimate of drug-likeness (QED) is 0.926. The zero-order chi connectivity index (χ0) is 14.3. The van der Waals surface area contributed by atoms with Crippen molar-refractivity contribution in [2.45, 2.75) is 19.4 Å². The van der Waals surface area contributed by atoms with Crippen LogP contribution in [0.25, 0.3) is 10.9 Å². The highest BCUT2D eigenvalue weighted by molar-refractivity contribution is 7.91. The van der Waals surface area contributed by atoms with Crippen LogP contribution in [0.2, 0.25) is 5.02 Å². The molecule has 106 valence electrons. The number of fused-ring (bicyclic) bond motifs is 1. The van der Waals surface area contributed by atoms with E-state index in [1.165, 1.54) is 0 Å². The minimum Gasteiger partial charge on any atom is -0.381 e. The highest BCUT2D eigenvalue weighted by atomic mass is 35.5. The first kappa shape index (κ1) is 13.6. The molecule has 20 heavy (non-hydrogen) atoms. The Morgan fingerprint density at radius 3 is 2.90 bits per heavy atom. The highest BCUT2D eigenvalue weighted by Gasteiger charge is 2.28. The molecule has 1 aliphatic heterocycles. The minimum atomic E-state index is -2.89. The van der Waals surface area contributed by atoms with E-state index in [9.17, 15) is 8.42 Å². The molecule has 1 saturated heterocycles. The van der Waals surface area contributed by atoms with Crippen molar-refractivity contribution in [1.29, 1.82) is 0 Å². The molecule has 1 aliphatic rings. The summed E-state index contributed by atoms with van der Waals surface area (Å²) in [6.07, 6.45) is 2.38. The number of hydrogen-bond donors (Lipinski definition) is 1. The molecule has 0 amide bonds. The van der Waals surface area contributed by atoms with Crippen LogP contribution >= 0.6 is 11.6 Å². The summed E-state index contributed by atoms with van der Waals surface area (Å²) < 4.78 is 23.1. The Morgan fingerprint density at radius 2 is 2.20 bits per heavy atom. The van der Waals surface area contributed by atoms with Gasteiger partial charge >= 0.3 is 0 Å². The van der Waals surface area contributed by atoms with E-state index in [1.807, 2.05) is 25.1 Å². The molecule has 1 unspecified atom stereocenters. The number of benzene rings is 1. The molecule has 6 heteroatoms. The zero-order valence-electron chi connectivity index (χ0n) is 11.1. The predicted octanol–water partition coefficient (Wildman–Crippen LogP) is 2.80. The van der Waals surface area contributed by atoms with E-state index in [-0.39, 0.29) is 17.5 Å². The molecule has 0 radical (unpaired) electrons. The van der Waals surface area contributed by atoms with Crippen molar-refractivity contribution < 1.29 is 8.42 Å². The van der Waals surface area contributed by atoms with E-state index >= 15 is 0 Å². The first-order valence-corrected chi connectivity index (χ1v) is 8.66. The molecule has 2 heterocycles. The van der Waals surface area contributed by atoms with Crippen LogP contribution in [0.4, 0.5) is 5.69 Å². The molecule has 1 fully saturated rings. The Kier molecular flexibility index (Phi) is 3.34. The van der Waals surface area contributed by atoms with Crippen LogP contribution in [0.5, 0.6) is 0 Å². The molecule has 2 aromatic rings. The Hall–Kier alpha value is -1.33. The number of sulfone groups is 1. The van der Waals surface area contributed by atoms with Gasteiger partial charge in [0.05, 0.1) is 17.0 Å². The summed E-state index contributed by atoms with van der Waals surface area (Å²) in [5.74, 6) is 0.448. The van der Waals surface area contributed by atoms with Gasteiger partial charge in [0.25, 0.3) is 0 Å². The number of hydrogen-bond acceptors (Lipinski definition) is 4. The van der Waals surface area contributed by atoms with Gasteiger partial charge in [-0.25, -0.2) is 8.42 Å². The summed E-state index contributed by atoms with van der Waals surface area (Å²) >= 11 is 6.11. The van der Waals surface area contributed by atoms with Gasteiger partial charge in [0.15, 0.2) is 9.84 Å². The van der Waals surface area contributed by atoms with Crippen molar-refractivity contribution in [1.82, 2.24) is 4.98 Å². The molecule has 0 bridgehead atoms. The minimum absolute atomic E-state index is 0.0371. The Balaban J connectivity index is 2.00. The number of anilines is 1. The van der Waals surface area contributed by atoms with Crippen LogP contribution in [-0.4, -0.2) is 30.9 Å². The number of halogens is 1. The average molecular weight is 311 g/mol. The molecular formula is C14H15ClN2O2S. The standard InChI is InChI=1S/C14H15ClN2O2S/c1-9-6-10(15)7-12-13(2-4-16-14(9)12)17-11-3-5-20(18,19)8-11/h2,4,6-7,11H,3,5,8H2,1H3,(H,16,17). The van der Waals surface area contributed by atoms with Crippen LogP contribution in [0, 0.1) is 6.92 Å². The van der Waals surface area contributed by atoms with Crippen molar-refractivity contribution in [2.24, 2.45) is 0 Å². The van der Waals surface area contributed by atoms with Crippen LogP contribution in [0.15, 0.2) is 24.4 Å². The van der Waals surface area contributed by atoms with E-state index in [2.05, 4.69) is 10.3 Å². The summed E-state index contributed by atoms with van der Waals surface area (Å²) in [6, 6.07) is 5.57. The van der Waals surface area contributed by atoms with Crippen LogP contribution < -0.4 is 5.32 Å². The third-order valence-corrected chi connectivity index (χ3v) is 5.58. The number of rotatable bonds is 2. The topological polar surface area (TPSA) is 59.1 Å². The van der Waals surface area contributed by atoms with Gasteiger partial charge < -0.3 is 5.32 Å². The van der Waals surface area contributed by atoms with E-state index in [0.717, 1.165) is 22.2 Å². The van der Waals surface area contributed by atoms with Crippen molar-refractivity contribution in [3.63, 3.8) is 0 Å². The first-order valence-electron chi connectivity index (χ1n) is 6.46. The van der Waals surface area contributed by atoms with Gasteiger partial charge in [-0.1, -0.05) is 11.6 Å². The summed E-state index contributed by atoms with van der Waals surface area (Å²) in [5, 5.41) is 4.91. The lowest BCUT2D eigenvalue weighted by molar-refractivity contribution is 0.602. The lowest BCUT2D eigenvalue weighted by Gasteiger charge is -2.15. The van der Waals surface area contributed by atoms with Crippen molar-refractivity contribution in [3.05, 3.63) is 35.0 Å². The molecule has 0 spiro atoms. The van der Waals surface area contributed by atoms with Gasteiger partial charge in [-0.05, 0) is 37.1 Å². The number of aryl methyl sites for hydroxylation is 1. The van der Waals surface area contributed by atoms with Gasteiger partial charge in [0.1, 0.15) is 0 Å². The van der Waals surface area contributed by atoms with Crippen LogP contribution in [-0.2, 0) is 9.84 Å². The van der Waals surface area contributed by atoms with Crippen LogP contribution in [0.1, 0.15) is 12.0 Å². The summed E-state index contributed by atoms with van der Waals surface area (Å²) in [7, 11) is -2.89. The van der Waals surface area contributed by atoms with E-state index < -0.39 is 9.84 Å². The highest BCUT2D eigenvalue weighted by Crippen LogP contribution is 2.29. The third kappa shape index (κ3) is 2.60. The van der Waals surface area contributed by atoms with E-state index in [1.54, 1.807) is 6.20 Å². The van der Waals surface area contributed by atoms with Crippen LogP contribution in [0.3, 0.4) is 0 Å². The number of nitrogens with zero attached hydrogens (tertiary/aromatic N) is 1. The number of aromatic nitrogens is 1. The maximum Gasteiger partial charge on any atom is 0.152 e. The maximum atomic E-state index is 11.5. The second-order valence-electron chi connectivity index (χ2n) is 5.22. The number of pyridine rings is 1. The third-order valence-electron chi connectivity index (χ3n) is 3.59. The van der Waals surface area contributed by atoms with Gasteiger partial charge in [0, 0.05) is 28.3 Å². The van der Waals surface area contributed by atoms with Gasteiger partial charge in [-0.15, -0.1) is 0 Å². The van der Waals surface area contributed by atoms with Gasteiger partial charge in [-0.3, -0.25) is 4.98 Å². The second kappa shape index (κ2) is 4.90. The summed E-state index contributed by atoms with van der Waals surface area (Å²) in [6.45, 7) is 1.96. The smallest absolute Gasteiger partial charge is 0.152 e. The van der Waals surface area contributed by atoms with E-state index in [0.29, 0.717) is 11.4 Å². The Bertz CT molecular complexity index is 774. The molecular weight excluding hydrogens is 296 g/mol. The second-order valence-corrected chi connectivity index (χ2v) is 7.89. The molecule has 3 rings (SSSR count). The predicted molar refractivity (Wildman–Crippen MR) is 82.2 cm³/mol. The molecule has 1 N–H and O–H groups in total. The average Bonchev–Trinajstić information content (AvgIpc) is 2.70. The lowest BCUT2D eigenvalue weighted by Crippen LogP contribution is -2.20. The fourth-order valence-corrected chi connectivity index (χ4v) is 4.59. The molecule has 0 aliphatic carbocycles. The fraction of sp³-hybridized carbons (Fsp3) is 0.357. The monoisotopic (exact) mass is 310 g/mol. The molecule has 0 saturated carbocycles. The molecule has 1 atom stereocenters. The first-order chi connectivity index (χ1) is 9.44. The van der Waals surface area contributed by atoms with Gasteiger partial charge in [-0.2, -0.15) is 0 Å². The molecule has 1 aromatic carbocycles. The Labute approximate surface area is 123 Å². The molecule has 1 aromatic heterocycles. The van der Waals surface area contributed by atoms with Crippen molar-refractivity contribution >= 4 is 38.0 Å². The number of nitrogens with one attached hydrogen (secondary N) is 1.